The number of fused-ring (bicyclic) bond motifs is 1. The highest BCUT2D eigenvalue weighted by Gasteiger charge is 2.05. The molecule has 0 unspecified atom stereocenters. The number of hydrogen-bond donors (Lipinski definition) is 3. The first-order chi connectivity index (χ1) is 11.0. The van der Waals surface area contributed by atoms with E-state index in [-0.39, 0.29) is 23.3 Å². The monoisotopic (exact) mass is 311 g/mol. The molecule has 0 amide bonds. The molecule has 7 heteroatoms. The maximum Gasteiger partial charge on any atom is 0.260 e. The number of H-pyrrole nitrogens is 1. The van der Waals surface area contributed by atoms with Gasteiger partial charge in [0.2, 0.25) is 11.9 Å². The van der Waals surface area contributed by atoms with E-state index in [2.05, 4.69) is 20.3 Å². The fraction of sp³-hybridized carbons (Fsp3) is 0.0625. The van der Waals surface area contributed by atoms with Crippen LogP contribution in [0.2, 0.25) is 0 Å². The predicted molar refractivity (Wildman–Crippen MR) is 88.4 cm³/mol. The number of para-hydroxylation sites is 1. The molecule has 4 N–H and O–H groups in total. The van der Waals surface area contributed by atoms with E-state index >= 15 is 0 Å². The van der Waals surface area contributed by atoms with E-state index in [4.69, 9.17) is 5.73 Å². The van der Waals surface area contributed by atoms with Gasteiger partial charge in [-0.25, -0.2) is 9.37 Å². The SMILES string of the molecule is Cc1ccc(F)cc1N/C(N)=N/c1nc2ccccc2c(=O)[nH]1. The van der Waals surface area contributed by atoms with Crippen molar-refractivity contribution in [1.82, 2.24) is 9.97 Å². The molecule has 1 heterocycles. The number of nitrogens with two attached hydrogens (primary N) is 1. The summed E-state index contributed by atoms with van der Waals surface area (Å²) in [6, 6.07) is 11.2. The van der Waals surface area contributed by atoms with Gasteiger partial charge in [-0.05, 0) is 36.8 Å². The van der Waals surface area contributed by atoms with Crippen molar-refractivity contribution in [3.63, 3.8) is 0 Å². The third-order valence-electron chi connectivity index (χ3n) is 3.29. The van der Waals surface area contributed by atoms with Crippen molar-refractivity contribution in [2.45, 2.75) is 6.92 Å². The van der Waals surface area contributed by atoms with E-state index in [0.29, 0.717) is 16.6 Å². The van der Waals surface area contributed by atoms with E-state index in [0.717, 1.165) is 5.56 Å². The van der Waals surface area contributed by atoms with Gasteiger partial charge in [-0.2, -0.15) is 4.99 Å². The van der Waals surface area contributed by atoms with Crippen LogP contribution in [0.15, 0.2) is 52.3 Å². The second-order valence-electron chi connectivity index (χ2n) is 4.99. The average Bonchev–Trinajstić information content (AvgIpc) is 2.51. The van der Waals surface area contributed by atoms with Crippen molar-refractivity contribution in [3.8, 4) is 0 Å². The zero-order valence-electron chi connectivity index (χ0n) is 12.3. The van der Waals surface area contributed by atoms with E-state index in [9.17, 15) is 9.18 Å². The first-order valence-electron chi connectivity index (χ1n) is 6.89. The summed E-state index contributed by atoms with van der Waals surface area (Å²) in [4.78, 5) is 22.8. The Kier molecular flexibility index (Phi) is 3.76. The van der Waals surface area contributed by atoms with Crippen LogP contribution in [0.5, 0.6) is 0 Å². The van der Waals surface area contributed by atoms with E-state index in [1.165, 1.54) is 12.1 Å². The maximum atomic E-state index is 13.3. The molecule has 116 valence electrons. The highest BCUT2D eigenvalue weighted by molar-refractivity contribution is 5.94. The summed E-state index contributed by atoms with van der Waals surface area (Å²) in [6.07, 6.45) is 0. The average molecular weight is 311 g/mol. The Morgan fingerprint density at radius 2 is 2.09 bits per heavy atom. The molecule has 0 atom stereocenters. The van der Waals surface area contributed by atoms with Crippen LogP contribution >= 0.6 is 0 Å². The minimum Gasteiger partial charge on any atom is -0.369 e. The van der Waals surface area contributed by atoms with Crippen molar-refractivity contribution >= 4 is 28.5 Å². The van der Waals surface area contributed by atoms with Crippen LogP contribution in [0, 0.1) is 12.7 Å². The van der Waals surface area contributed by atoms with Crippen LogP contribution in [-0.4, -0.2) is 15.9 Å². The number of aliphatic imine (C=N–C) groups is 1. The minimum absolute atomic E-state index is 0.00266. The van der Waals surface area contributed by atoms with Gasteiger partial charge in [0.1, 0.15) is 5.82 Å². The van der Waals surface area contributed by atoms with Crippen molar-refractivity contribution in [2.24, 2.45) is 10.7 Å². The number of nitrogens with zero attached hydrogens (tertiary/aromatic N) is 2. The van der Waals surface area contributed by atoms with Crippen molar-refractivity contribution in [2.75, 3.05) is 5.32 Å². The number of guanidine groups is 1. The summed E-state index contributed by atoms with van der Waals surface area (Å²) in [5.41, 5.74) is 7.33. The number of aryl methyl sites for hydroxylation is 1. The molecule has 6 nitrogen and oxygen atoms in total. The normalized spacial score (nSPS) is 11.7. The van der Waals surface area contributed by atoms with Crippen molar-refractivity contribution < 1.29 is 4.39 Å². The van der Waals surface area contributed by atoms with Crippen LogP contribution in [-0.2, 0) is 0 Å². The highest BCUT2D eigenvalue weighted by Crippen LogP contribution is 2.16. The lowest BCUT2D eigenvalue weighted by Gasteiger charge is -2.08. The smallest absolute Gasteiger partial charge is 0.260 e. The Labute approximate surface area is 130 Å². The topological polar surface area (TPSA) is 96.2 Å². The third-order valence-corrected chi connectivity index (χ3v) is 3.29. The molecular weight excluding hydrogens is 297 g/mol. The van der Waals surface area contributed by atoms with E-state index in [1.807, 2.05) is 6.92 Å². The molecule has 0 bridgehead atoms. The number of halogens is 1. The van der Waals surface area contributed by atoms with E-state index in [1.54, 1.807) is 30.3 Å². The summed E-state index contributed by atoms with van der Waals surface area (Å²) >= 11 is 0. The number of benzene rings is 2. The lowest BCUT2D eigenvalue weighted by Crippen LogP contribution is -2.23. The van der Waals surface area contributed by atoms with Crippen LogP contribution < -0.4 is 16.6 Å². The molecule has 0 aliphatic heterocycles. The number of nitrogens with one attached hydrogen (secondary N) is 2. The molecule has 1 aromatic heterocycles. The first kappa shape index (κ1) is 14.7. The summed E-state index contributed by atoms with van der Waals surface area (Å²) in [7, 11) is 0. The lowest BCUT2D eigenvalue weighted by atomic mass is 10.2. The lowest BCUT2D eigenvalue weighted by molar-refractivity contribution is 0.628. The zero-order chi connectivity index (χ0) is 16.4. The molecule has 0 aliphatic carbocycles. The summed E-state index contributed by atoms with van der Waals surface area (Å²) in [6.45, 7) is 1.81. The molecule has 23 heavy (non-hydrogen) atoms. The molecule has 0 spiro atoms. The van der Waals surface area contributed by atoms with Gasteiger partial charge in [0, 0.05) is 5.69 Å². The molecule has 0 aliphatic rings. The van der Waals surface area contributed by atoms with Crippen molar-refractivity contribution in [3.05, 3.63) is 64.2 Å². The summed E-state index contributed by atoms with van der Waals surface area (Å²) in [5, 5.41) is 3.26. The second kappa shape index (κ2) is 5.88. The van der Waals surface area contributed by atoms with Gasteiger partial charge in [-0.1, -0.05) is 18.2 Å². The van der Waals surface area contributed by atoms with Gasteiger partial charge in [-0.3, -0.25) is 9.78 Å². The van der Waals surface area contributed by atoms with E-state index < -0.39 is 0 Å². The molecule has 0 radical (unpaired) electrons. The van der Waals surface area contributed by atoms with Gasteiger partial charge in [0.15, 0.2) is 0 Å². The number of aromatic nitrogens is 2. The van der Waals surface area contributed by atoms with Crippen LogP contribution in [0.3, 0.4) is 0 Å². The number of aromatic amines is 1. The standard InChI is InChI=1S/C16H14FN5O/c1-9-6-7-10(17)8-13(9)19-15(18)22-16-20-12-5-3-2-4-11(12)14(23)21-16/h2-8H,1H3,(H4,18,19,20,21,22,23). The fourth-order valence-electron chi connectivity index (χ4n) is 2.14. The van der Waals surface area contributed by atoms with Gasteiger partial charge >= 0.3 is 0 Å². The van der Waals surface area contributed by atoms with Crippen LogP contribution in [0.25, 0.3) is 10.9 Å². The van der Waals surface area contributed by atoms with Crippen LogP contribution in [0.1, 0.15) is 5.56 Å². The summed E-state index contributed by atoms with van der Waals surface area (Å²) < 4.78 is 13.3. The third kappa shape index (κ3) is 3.18. The number of anilines is 1. The zero-order valence-corrected chi connectivity index (χ0v) is 12.3. The largest absolute Gasteiger partial charge is 0.369 e. The maximum absolute atomic E-state index is 13.3. The van der Waals surface area contributed by atoms with Crippen molar-refractivity contribution in [1.29, 1.82) is 0 Å². The molecule has 0 saturated carbocycles. The Balaban J connectivity index is 1.94. The first-order valence-corrected chi connectivity index (χ1v) is 6.89. The predicted octanol–water partition coefficient (Wildman–Crippen LogP) is 2.43. The Bertz CT molecular complexity index is 964. The van der Waals surface area contributed by atoms with Gasteiger partial charge in [0.25, 0.3) is 5.56 Å². The Hall–Kier alpha value is -3.22. The van der Waals surface area contributed by atoms with Gasteiger partial charge in [0.05, 0.1) is 10.9 Å². The molecule has 3 aromatic rings. The molecule has 0 fully saturated rings. The number of hydrogen-bond acceptors (Lipinski definition) is 3. The molecule has 3 rings (SSSR count). The molecule has 0 saturated heterocycles. The highest BCUT2D eigenvalue weighted by atomic mass is 19.1. The fourth-order valence-corrected chi connectivity index (χ4v) is 2.14. The number of rotatable bonds is 2. The molecular formula is C16H14FN5O. The van der Waals surface area contributed by atoms with Gasteiger partial charge < -0.3 is 11.1 Å². The Morgan fingerprint density at radius 1 is 1.30 bits per heavy atom. The van der Waals surface area contributed by atoms with Gasteiger partial charge in [-0.15, -0.1) is 0 Å². The van der Waals surface area contributed by atoms with Crippen LogP contribution in [0.4, 0.5) is 16.0 Å². The molecule has 2 aromatic carbocycles. The quantitative estimate of drug-likeness (QED) is 0.500. The summed E-state index contributed by atoms with van der Waals surface area (Å²) in [5.74, 6) is -0.312. The Morgan fingerprint density at radius 3 is 2.91 bits per heavy atom. The second-order valence-corrected chi connectivity index (χ2v) is 4.99. The minimum atomic E-state index is -0.386.